The smallest absolute Gasteiger partial charge is 0.255 e. The Balaban J connectivity index is 1.44. The number of anilines is 1. The number of benzene rings is 3. The minimum Gasteiger partial charge on any atom is -0.489 e. The molecule has 1 aromatic heterocycles. The molecule has 4 aromatic rings. The minimum absolute atomic E-state index is 0.178. The summed E-state index contributed by atoms with van der Waals surface area (Å²) in [6.45, 7) is 0.494. The molecule has 0 aliphatic heterocycles. The van der Waals surface area contributed by atoms with Crippen LogP contribution >= 0.6 is 0 Å². The van der Waals surface area contributed by atoms with Gasteiger partial charge in [-0.25, -0.2) is 0 Å². The quantitative estimate of drug-likeness (QED) is 0.545. The molecule has 1 N–H and O–H groups in total. The monoisotopic (exact) mass is 354 g/mol. The molecule has 0 saturated carbocycles. The molecule has 0 unspecified atom stereocenters. The number of pyridine rings is 1. The van der Waals surface area contributed by atoms with Gasteiger partial charge >= 0.3 is 0 Å². The molecule has 4 nitrogen and oxygen atoms in total. The number of fused-ring (bicyclic) bond motifs is 1. The molecule has 27 heavy (non-hydrogen) atoms. The molecule has 1 amide bonds. The van der Waals surface area contributed by atoms with Gasteiger partial charge in [0.1, 0.15) is 12.4 Å². The lowest BCUT2D eigenvalue weighted by atomic mass is 10.1. The van der Waals surface area contributed by atoms with E-state index in [9.17, 15) is 4.79 Å². The molecule has 0 spiro atoms. The van der Waals surface area contributed by atoms with E-state index >= 15 is 0 Å². The normalized spacial score (nSPS) is 10.5. The molecule has 1 heterocycles. The maximum absolute atomic E-state index is 12.6. The summed E-state index contributed by atoms with van der Waals surface area (Å²) in [5.74, 6) is 0.546. The Kier molecular flexibility index (Phi) is 4.79. The lowest BCUT2D eigenvalue weighted by Crippen LogP contribution is -2.12. The Hall–Kier alpha value is -3.66. The highest BCUT2D eigenvalue weighted by atomic mass is 16.5. The second-order valence-electron chi connectivity index (χ2n) is 6.13. The molecular weight excluding hydrogens is 336 g/mol. The van der Waals surface area contributed by atoms with Crippen molar-refractivity contribution in [1.29, 1.82) is 0 Å². The van der Waals surface area contributed by atoms with Crippen LogP contribution in [0.5, 0.6) is 5.75 Å². The van der Waals surface area contributed by atoms with E-state index in [-0.39, 0.29) is 5.91 Å². The predicted molar refractivity (Wildman–Crippen MR) is 107 cm³/mol. The molecular formula is C23H18N2O2. The van der Waals surface area contributed by atoms with Crippen LogP contribution in [0.3, 0.4) is 0 Å². The summed E-state index contributed by atoms with van der Waals surface area (Å²) in [6.07, 6.45) is 1.72. The number of rotatable bonds is 5. The van der Waals surface area contributed by atoms with Crippen molar-refractivity contribution in [3.05, 3.63) is 102 Å². The summed E-state index contributed by atoms with van der Waals surface area (Å²) in [6, 6.07) is 26.7. The molecule has 0 aliphatic carbocycles. The van der Waals surface area contributed by atoms with Crippen LogP contribution < -0.4 is 10.1 Å². The SMILES string of the molecule is O=C(Nc1cccc2cccnc12)c1ccc(OCc2ccccc2)cc1. The average molecular weight is 354 g/mol. The number of ether oxygens (including phenoxy) is 1. The molecule has 0 aliphatic rings. The number of nitrogens with one attached hydrogen (secondary N) is 1. The lowest BCUT2D eigenvalue weighted by Gasteiger charge is -2.09. The Labute approximate surface area is 157 Å². The first-order valence-corrected chi connectivity index (χ1v) is 8.71. The molecule has 0 fully saturated rings. The van der Waals surface area contributed by atoms with Crippen LogP contribution in [-0.2, 0) is 6.61 Å². The lowest BCUT2D eigenvalue weighted by molar-refractivity contribution is 0.102. The fourth-order valence-corrected chi connectivity index (χ4v) is 2.84. The van der Waals surface area contributed by atoms with Gasteiger partial charge < -0.3 is 10.1 Å². The van der Waals surface area contributed by atoms with Gasteiger partial charge in [0.05, 0.1) is 11.2 Å². The molecule has 0 saturated heterocycles. The van der Waals surface area contributed by atoms with Gasteiger partial charge in [-0.15, -0.1) is 0 Å². The highest BCUT2D eigenvalue weighted by Gasteiger charge is 2.09. The Bertz CT molecular complexity index is 1060. The molecule has 4 heteroatoms. The standard InChI is InChI=1S/C23H18N2O2/c26-23(25-21-10-4-8-18-9-5-15-24-22(18)21)19-11-13-20(14-12-19)27-16-17-6-2-1-3-7-17/h1-15H,16H2,(H,25,26). The Morgan fingerprint density at radius 3 is 2.44 bits per heavy atom. The first kappa shape index (κ1) is 16.8. The van der Waals surface area contributed by atoms with Gasteiger partial charge in [-0.1, -0.05) is 48.5 Å². The minimum atomic E-state index is -0.178. The van der Waals surface area contributed by atoms with Crippen LogP contribution in [0.15, 0.2) is 91.1 Å². The Morgan fingerprint density at radius 2 is 1.63 bits per heavy atom. The summed E-state index contributed by atoms with van der Waals surface area (Å²) in [5, 5.41) is 3.92. The summed E-state index contributed by atoms with van der Waals surface area (Å²) in [4.78, 5) is 16.9. The van der Waals surface area contributed by atoms with E-state index < -0.39 is 0 Å². The largest absolute Gasteiger partial charge is 0.489 e. The van der Waals surface area contributed by atoms with Crippen molar-refractivity contribution in [3.8, 4) is 5.75 Å². The van der Waals surface area contributed by atoms with Gasteiger partial charge in [-0.05, 0) is 42.0 Å². The summed E-state index contributed by atoms with van der Waals surface area (Å²) >= 11 is 0. The molecule has 3 aromatic carbocycles. The van der Waals surface area contributed by atoms with Gasteiger partial charge in [0.15, 0.2) is 0 Å². The highest BCUT2D eigenvalue weighted by Crippen LogP contribution is 2.22. The second kappa shape index (κ2) is 7.70. The number of nitrogens with zero attached hydrogens (tertiary/aromatic N) is 1. The van der Waals surface area contributed by atoms with Crippen LogP contribution in [0.4, 0.5) is 5.69 Å². The second-order valence-corrected chi connectivity index (χ2v) is 6.13. The van der Waals surface area contributed by atoms with Gasteiger partial charge in [-0.3, -0.25) is 9.78 Å². The van der Waals surface area contributed by atoms with Gasteiger partial charge in [0.2, 0.25) is 0 Å². The van der Waals surface area contributed by atoms with Crippen molar-refractivity contribution < 1.29 is 9.53 Å². The van der Waals surface area contributed by atoms with Crippen LogP contribution in [-0.4, -0.2) is 10.9 Å². The highest BCUT2D eigenvalue weighted by molar-refractivity contribution is 6.08. The topological polar surface area (TPSA) is 51.2 Å². The number of para-hydroxylation sites is 1. The fourth-order valence-electron chi connectivity index (χ4n) is 2.84. The summed E-state index contributed by atoms with van der Waals surface area (Å²) in [7, 11) is 0. The van der Waals surface area contributed by atoms with E-state index in [0.717, 1.165) is 22.2 Å². The van der Waals surface area contributed by atoms with E-state index in [1.165, 1.54) is 0 Å². The number of aromatic nitrogens is 1. The van der Waals surface area contributed by atoms with Crippen LogP contribution in [0.25, 0.3) is 10.9 Å². The van der Waals surface area contributed by atoms with E-state index in [1.807, 2.05) is 60.7 Å². The first-order chi connectivity index (χ1) is 13.3. The molecule has 132 valence electrons. The molecule has 0 atom stereocenters. The maximum Gasteiger partial charge on any atom is 0.255 e. The van der Waals surface area contributed by atoms with Crippen molar-refractivity contribution in [2.45, 2.75) is 6.61 Å². The van der Waals surface area contributed by atoms with Crippen molar-refractivity contribution >= 4 is 22.5 Å². The van der Waals surface area contributed by atoms with E-state index in [0.29, 0.717) is 17.9 Å². The zero-order valence-electron chi connectivity index (χ0n) is 14.6. The third kappa shape index (κ3) is 3.96. The van der Waals surface area contributed by atoms with Gasteiger partial charge in [-0.2, -0.15) is 0 Å². The number of amides is 1. The number of carbonyl (C=O) groups excluding carboxylic acids is 1. The van der Waals surface area contributed by atoms with E-state index in [4.69, 9.17) is 4.74 Å². The van der Waals surface area contributed by atoms with Crippen molar-refractivity contribution in [1.82, 2.24) is 4.98 Å². The van der Waals surface area contributed by atoms with Gasteiger partial charge in [0, 0.05) is 17.1 Å². The molecule has 0 bridgehead atoms. The fraction of sp³-hybridized carbons (Fsp3) is 0.0435. The van der Waals surface area contributed by atoms with Crippen molar-refractivity contribution in [2.24, 2.45) is 0 Å². The third-order valence-corrected chi connectivity index (χ3v) is 4.25. The number of carbonyl (C=O) groups is 1. The number of hydrogen-bond acceptors (Lipinski definition) is 3. The maximum atomic E-state index is 12.6. The summed E-state index contributed by atoms with van der Waals surface area (Å²) < 4.78 is 5.76. The van der Waals surface area contributed by atoms with Gasteiger partial charge in [0.25, 0.3) is 5.91 Å². The third-order valence-electron chi connectivity index (χ3n) is 4.25. The van der Waals surface area contributed by atoms with Crippen LogP contribution in [0.1, 0.15) is 15.9 Å². The average Bonchev–Trinajstić information content (AvgIpc) is 2.74. The predicted octanol–water partition coefficient (Wildman–Crippen LogP) is 5.07. The molecule has 0 radical (unpaired) electrons. The summed E-state index contributed by atoms with van der Waals surface area (Å²) in [5.41, 5.74) is 3.14. The Morgan fingerprint density at radius 1 is 0.852 bits per heavy atom. The van der Waals surface area contributed by atoms with E-state index in [1.54, 1.807) is 30.5 Å². The zero-order chi connectivity index (χ0) is 18.5. The molecule has 4 rings (SSSR count). The zero-order valence-corrected chi connectivity index (χ0v) is 14.6. The van der Waals surface area contributed by atoms with Crippen molar-refractivity contribution in [3.63, 3.8) is 0 Å². The number of hydrogen-bond donors (Lipinski definition) is 1. The first-order valence-electron chi connectivity index (χ1n) is 8.71. The van der Waals surface area contributed by atoms with Crippen LogP contribution in [0.2, 0.25) is 0 Å². The van der Waals surface area contributed by atoms with E-state index in [2.05, 4.69) is 10.3 Å². The van der Waals surface area contributed by atoms with Crippen LogP contribution in [0, 0.1) is 0 Å². The van der Waals surface area contributed by atoms with Crippen molar-refractivity contribution in [2.75, 3.05) is 5.32 Å².